The van der Waals surface area contributed by atoms with E-state index in [2.05, 4.69) is 69.1 Å². The van der Waals surface area contributed by atoms with Gasteiger partial charge in [-0.25, -0.2) is 0 Å². The van der Waals surface area contributed by atoms with Crippen LogP contribution in [0.25, 0.3) is 0 Å². The molecule has 2 aromatic carbocycles. The van der Waals surface area contributed by atoms with E-state index in [-0.39, 0.29) is 0 Å². The Balaban J connectivity index is 1.97. The van der Waals surface area contributed by atoms with Gasteiger partial charge in [0.05, 0.1) is 11.4 Å². The molecule has 0 unspecified atom stereocenters. The summed E-state index contributed by atoms with van der Waals surface area (Å²) in [5.74, 6) is 0.673. The van der Waals surface area contributed by atoms with Crippen molar-refractivity contribution in [2.75, 3.05) is 11.9 Å². The van der Waals surface area contributed by atoms with E-state index in [0.717, 1.165) is 6.42 Å². The summed E-state index contributed by atoms with van der Waals surface area (Å²) < 4.78 is 0. The molecule has 1 aliphatic heterocycles. The minimum Gasteiger partial charge on any atom is -0.343 e. The Hall–Kier alpha value is -1.41. The Labute approximate surface area is 145 Å². The van der Waals surface area contributed by atoms with Crippen LogP contribution >= 0.6 is 11.8 Å². The summed E-state index contributed by atoms with van der Waals surface area (Å²) in [5, 5.41) is 0. The molecule has 1 nitrogen and oxygen atoms in total. The number of hydrogen-bond donors (Lipinski definition) is 0. The van der Waals surface area contributed by atoms with Gasteiger partial charge in [0.2, 0.25) is 0 Å². The Morgan fingerprint density at radius 2 is 1.70 bits per heavy atom. The van der Waals surface area contributed by atoms with E-state index in [4.69, 9.17) is 0 Å². The molecular weight excluding hydrogens is 298 g/mol. The molecule has 0 saturated heterocycles. The Morgan fingerprint density at radius 1 is 0.913 bits per heavy atom. The maximum Gasteiger partial charge on any atom is 0.0553 e. The molecule has 0 aromatic heterocycles. The summed E-state index contributed by atoms with van der Waals surface area (Å²) >= 11 is 1.92. The van der Waals surface area contributed by atoms with Crippen molar-refractivity contribution >= 4 is 23.1 Å². The minimum absolute atomic E-state index is 0.673. The summed E-state index contributed by atoms with van der Waals surface area (Å²) in [7, 11) is 2.20. The van der Waals surface area contributed by atoms with Crippen molar-refractivity contribution in [2.24, 2.45) is 0 Å². The van der Waals surface area contributed by atoms with E-state index in [1.807, 2.05) is 11.8 Å². The molecule has 0 aliphatic carbocycles. The first kappa shape index (κ1) is 16.4. The summed E-state index contributed by atoms with van der Waals surface area (Å²) in [6.45, 7) is 6.82. The molecule has 3 rings (SSSR count). The number of nitrogens with zero attached hydrogens (tertiary/aromatic N) is 1. The van der Waals surface area contributed by atoms with Crippen LogP contribution in [0.15, 0.2) is 46.2 Å². The van der Waals surface area contributed by atoms with Gasteiger partial charge >= 0.3 is 0 Å². The third-order valence-electron chi connectivity index (χ3n) is 4.95. The van der Waals surface area contributed by atoms with Gasteiger partial charge in [0.1, 0.15) is 0 Å². The van der Waals surface area contributed by atoms with Gasteiger partial charge in [0.15, 0.2) is 0 Å². The van der Waals surface area contributed by atoms with E-state index in [1.54, 1.807) is 0 Å². The van der Waals surface area contributed by atoms with Gasteiger partial charge < -0.3 is 4.90 Å². The summed E-state index contributed by atoms with van der Waals surface area (Å²) in [6.07, 6.45) is 4.79. The van der Waals surface area contributed by atoms with E-state index < -0.39 is 0 Å². The smallest absolute Gasteiger partial charge is 0.0553 e. The first-order chi connectivity index (χ1) is 11.2. The molecule has 0 bridgehead atoms. The maximum absolute atomic E-state index is 2.41. The van der Waals surface area contributed by atoms with Crippen molar-refractivity contribution in [3.63, 3.8) is 0 Å². The van der Waals surface area contributed by atoms with Crippen molar-refractivity contribution in [1.82, 2.24) is 0 Å². The van der Waals surface area contributed by atoms with Gasteiger partial charge in [-0.1, -0.05) is 51.1 Å². The molecule has 1 aliphatic rings. The highest BCUT2D eigenvalue weighted by Gasteiger charge is 2.22. The van der Waals surface area contributed by atoms with E-state index in [9.17, 15) is 0 Å². The minimum atomic E-state index is 0.673. The Bertz CT molecular complexity index is 688. The lowest BCUT2D eigenvalue weighted by atomic mass is 9.93. The molecule has 0 saturated carbocycles. The fourth-order valence-electron chi connectivity index (χ4n) is 3.51. The second kappa shape index (κ2) is 7.00. The first-order valence-electron chi connectivity index (χ1n) is 8.86. The van der Waals surface area contributed by atoms with E-state index in [1.165, 1.54) is 51.6 Å². The lowest BCUT2D eigenvalue weighted by molar-refractivity contribution is 0.641. The van der Waals surface area contributed by atoms with Crippen LogP contribution in [0.4, 0.5) is 11.4 Å². The van der Waals surface area contributed by atoms with Crippen LogP contribution < -0.4 is 4.90 Å². The van der Waals surface area contributed by atoms with Crippen LogP contribution in [0.5, 0.6) is 0 Å². The highest BCUT2D eigenvalue weighted by atomic mass is 32.2. The van der Waals surface area contributed by atoms with Gasteiger partial charge in [-0.05, 0) is 60.6 Å². The van der Waals surface area contributed by atoms with Crippen LogP contribution in [0, 0.1) is 0 Å². The second-order valence-electron chi connectivity index (χ2n) is 6.45. The molecule has 122 valence electrons. The molecule has 0 radical (unpaired) electrons. The average Bonchev–Trinajstić information content (AvgIpc) is 2.57. The predicted octanol–water partition coefficient (Wildman–Crippen LogP) is 6.78. The molecule has 1 heterocycles. The lowest BCUT2D eigenvalue weighted by Crippen LogP contribution is -2.15. The number of rotatable bonds is 5. The summed E-state index contributed by atoms with van der Waals surface area (Å²) in [4.78, 5) is 5.13. The SMILES string of the molecule is CCCc1ccc2c(c1)Sc1ccc(C(CC)CC)cc1N2C. The average molecular weight is 326 g/mol. The quantitative estimate of drug-likeness (QED) is 0.596. The topological polar surface area (TPSA) is 3.24 Å². The standard InChI is InChI=1S/C21H27NS/c1-5-8-15-9-11-18-21(13-15)23-20-12-10-17(16(6-2)7-3)14-19(20)22(18)4/h9-14,16H,5-8H2,1-4H3. The highest BCUT2D eigenvalue weighted by molar-refractivity contribution is 7.99. The van der Waals surface area contributed by atoms with E-state index >= 15 is 0 Å². The van der Waals surface area contributed by atoms with E-state index in [0.29, 0.717) is 5.92 Å². The molecular formula is C21H27NS. The van der Waals surface area contributed by atoms with Crippen LogP contribution in [0.3, 0.4) is 0 Å². The van der Waals surface area contributed by atoms with Gasteiger partial charge in [0.25, 0.3) is 0 Å². The zero-order chi connectivity index (χ0) is 16.4. The third-order valence-corrected chi connectivity index (χ3v) is 6.06. The zero-order valence-corrected chi connectivity index (χ0v) is 15.5. The number of benzene rings is 2. The molecule has 0 amide bonds. The molecule has 2 heteroatoms. The van der Waals surface area contributed by atoms with Crippen molar-refractivity contribution in [1.29, 1.82) is 0 Å². The number of aryl methyl sites for hydroxylation is 1. The van der Waals surface area contributed by atoms with Gasteiger partial charge in [-0.2, -0.15) is 0 Å². The van der Waals surface area contributed by atoms with Crippen LogP contribution in [-0.2, 0) is 6.42 Å². The second-order valence-corrected chi connectivity index (χ2v) is 7.54. The van der Waals surface area contributed by atoms with Gasteiger partial charge in [-0.15, -0.1) is 0 Å². The molecule has 0 fully saturated rings. The molecule has 2 aromatic rings. The third kappa shape index (κ3) is 3.14. The Kier molecular flexibility index (Phi) is 5.01. The van der Waals surface area contributed by atoms with Gasteiger partial charge in [-0.3, -0.25) is 0 Å². The highest BCUT2D eigenvalue weighted by Crippen LogP contribution is 2.48. The van der Waals surface area contributed by atoms with Crippen molar-refractivity contribution in [3.05, 3.63) is 47.5 Å². The first-order valence-corrected chi connectivity index (χ1v) is 9.68. The van der Waals surface area contributed by atoms with Crippen molar-refractivity contribution in [2.45, 2.75) is 62.2 Å². The molecule has 0 N–H and O–H groups in total. The Morgan fingerprint density at radius 3 is 2.39 bits per heavy atom. The normalized spacial score (nSPS) is 13.2. The fraction of sp³-hybridized carbons (Fsp3) is 0.429. The van der Waals surface area contributed by atoms with Crippen LogP contribution in [0.2, 0.25) is 0 Å². The fourth-order valence-corrected chi connectivity index (χ4v) is 4.70. The predicted molar refractivity (Wildman–Crippen MR) is 102 cm³/mol. The maximum atomic E-state index is 2.41. The van der Waals surface area contributed by atoms with Crippen molar-refractivity contribution in [3.8, 4) is 0 Å². The van der Waals surface area contributed by atoms with Crippen molar-refractivity contribution < 1.29 is 0 Å². The van der Waals surface area contributed by atoms with Gasteiger partial charge in [0, 0.05) is 16.8 Å². The zero-order valence-electron chi connectivity index (χ0n) is 14.7. The summed E-state index contributed by atoms with van der Waals surface area (Å²) in [6, 6.07) is 14.0. The number of fused-ring (bicyclic) bond motifs is 2. The summed E-state index contributed by atoms with van der Waals surface area (Å²) in [5.41, 5.74) is 5.62. The van der Waals surface area contributed by atoms with Crippen LogP contribution in [-0.4, -0.2) is 7.05 Å². The number of hydrogen-bond acceptors (Lipinski definition) is 2. The molecule has 23 heavy (non-hydrogen) atoms. The largest absolute Gasteiger partial charge is 0.343 e. The number of anilines is 2. The van der Waals surface area contributed by atoms with Crippen LogP contribution in [0.1, 0.15) is 57.1 Å². The molecule has 0 atom stereocenters. The lowest BCUT2D eigenvalue weighted by Gasteiger charge is -2.31. The molecule has 0 spiro atoms. The monoisotopic (exact) mass is 325 g/mol.